The Bertz CT molecular complexity index is 567. The highest BCUT2D eigenvalue weighted by Crippen LogP contribution is 2.37. The van der Waals surface area contributed by atoms with Crippen molar-refractivity contribution in [3.63, 3.8) is 0 Å². The summed E-state index contributed by atoms with van der Waals surface area (Å²) in [4.78, 5) is 12.2. The van der Waals surface area contributed by atoms with Crippen molar-refractivity contribution >= 4 is 17.6 Å². The van der Waals surface area contributed by atoms with Gasteiger partial charge in [-0.25, -0.2) is 4.79 Å². The summed E-state index contributed by atoms with van der Waals surface area (Å²) in [6.45, 7) is 1.99. The zero-order valence-electron chi connectivity index (χ0n) is 11.4. The van der Waals surface area contributed by atoms with Crippen LogP contribution in [0.4, 0.5) is 8.78 Å². The number of hydrogen-bond donors (Lipinski definition) is 2. The van der Waals surface area contributed by atoms with Gasteiger partial charge in [0.15, 0.2) is 5.60 Å². The molecule has 1 heterocycles. The van der Waals surface area contributed by atoms with Crippen LogP contribution in [0.3, 0.4) is 0 Å². The third-order valence-electron chi connectivity index (χ3n) is 3.82. The Morgan fingerprint density at radius 1 is 1.52 bits per heavy atom. The number of carboxylic acid groups (broad SMARTS) is 1. The molecule has 1 aromatic rings. The molecule has 1 atom stereocenters. The summed E-state index contributed by atoms with van der Waals surface area (Å²) < 4.78 is 27.1. The van der Waals surface area contributed by atoms with E-state index in [1.807, 2.05) is 19.1 Å². The molecule has 2 N–H and O–H groups in total. The number of nitrogens with zero attached hydrogens (tertiary/aromatic N) is 1. The van der Waals surface area contributed by atoms with Gasteiger partial charge in [0.05, 0.1) is 0 Å². The molecule has 7 heteroatoms. The molecule has 1 fully saturated rings. The van der Waals surface area contributed by atoms with Crippen LogP contribution in [-0.4, -0.2) is 45.7 Å². The number of carbonyl (C=O) groups is 1. The number of β-amino-alcohol motifs (C(OH)–C–C–N with tert-alkyl or cyclic N) is 1. The largest absolute Gasteiger partial charge is 0.477 e. The Labute approximate surface area is 125 Å². The Kier molecular flexibility index (Phi) is 4.24. The van der Waals surface area contributed by atoms with Gasteiger partial charge >= 0.3 is 11.9 Å². The van der Waals surface area contributed by atoms with Gasteiger partial charge in [0.25, 0.3) is 0 Å². The molecule has 0 aromatic heterocycles. The second-order valence-electron chi connectivity index (χ2n) is 5.46. The van der Waals surface area contributed by atoms with E-state index in [1.54, 1.807) is 11.0 Å². The molecule has 0 radical (unpaired) electrons. The number of aliphatic carboxylic acids is 1. The Morgan fingerprint density at radius 3 is 2.76 bits per heavy atom. The molecular weight excluding hydrogens is 304 g/mol. The summed E-state index contributed by atoms with van der Waals surface area (Å²) >= 11 is 6.00. The highest BCUT2D eigenvalue weighted by molar-refractivity contribution is 6.31. The SMILES string of the molecule is Cc1ccc(CN2CCC(O)(C(F)(F)C(=O)O)C2)cc1Cl. The predicted octanol–water partition coefficient (Wildman–Crippen LogP) is 2.31. The van der Waals surface area contributed by atoms with Gasteiger partial charge in [-0.2, -0.15) is 8.78 Å². The average molecular weight is 320 g/mol. The second kappa shape index (κ2) is 5.51. The van der Waals surface area contributed by atoms with E-state index in [-0.39, 0.29) is 13.0 Å². The molecule has 0 bridgehead atoms. The third kappa shape index (κ3) is 3.02. The number of rotatable bonds is 4. The monoisotopic (exact) mass is 319 g/mol. The summed E-state index contributed by atoms with van der Waals surface area (Å²) in [7, 11) is 0. The second-order valence-corrected chi connectivity index (χ2v) is 5.86. The number of aliphatic hydroxyl groups is 1. The van der Waals surface area contributed by atoms with Crippen LogP contribution < -0.4 is 0 Å². The number of benzene rings is 1. The molecule has 2 rings (SSSR count). The van der Waals surface area contributed by atoms with Gasteiger partial charge in [0.1, 0.15) is 0 Å². The molecule has 0 amide bonds. The Morgan fingerprint density at radius 2 is 2.19 bits per heavy atom. The molecule has 4 nitrogen and oxygen atoms in total. The molecule has 0 spiro atoms. The Balaban J connectivity index is 2.09. The van der Waals surface area contributed by atoms with E-state index in [0.29, 0.717) is 11.6 Å². The van der Waals surface area contributed by atoms with Crippen LogP contribution in [0.5, 0.6) is 0 Å². The van der Waals surface area contributed by atoms with Crippen LogP contribution in [0.25, 0.3) is 0 Å². The number of likely N-dealkylation sites (tertiary alicyclic amines) is 1. The lowest BCUT2D eigenvalue weighted by Crippen LogP contribution is -2.54. The highest BCUT2D eigenvalue weighted by Gasteiger charge is 2.61. The first-order valence-corrected chi connectivity index (χ1v) is 6.84. The fraction of sp³-hybridized carbons (Fsp3) is 0.500. The van der Waals surface area contributed by atoms with Gasteiger partial charge in [0, 0.05) is 24.7 Å². The fourth-order valence-corrected chi connectivity index (χ4v) is 2.66. The minimum atomic E-state index is -4.16. The maximum absolute atomic E-state index is 13.6. The Hall–Kier alpha value is -1.24. The minimum absolute atomic E-state index is 0.199. The fourth-order valence-electron chi connectivity index (χ4n) is 2.45. The van der Waals surface area contributed by atoms with E-state index in [4.69, 9.17) is 16.7 Å². The smallest absolute Gasteiger partial charge is 0.377 e. The maximum Gasteiger partial charge on any atom is 0.377 e. The predicted molar refractivity (Wildman–Crippen MR) is 73.6 cm³/mol. The van der Waals surface area contributed by atoms with Crippen LogP contribution >= 0.6 is 11.6 Å². The highest BCUT2D eigenvalue weighted by atomic mass is 35.5. The zero-order valence-corrected chi connectivity index (χ0v) is 12.2. The number of aryl methyl sites for hydroxylation is 1. The third-order valence-corrected chi connectivity index (χ3v) is 4.23. The zero-order chi connectivity index (χ0) is 15.8. The molecule has 0 saturated carbocycles. The van der Waals surface area contributed by atoms with Crippen LogP contribution in [0.15, 0.2) is 18.2 Å². The normalized spacial score (nSPS) is 23.5. The topological polar surface area (TPSA) is 60.8 Å². The standard InChI is InChI=1S/C14H16ClF2NO3/c1-9-2-3-10(6-11(9)15)7-18-5-4-13(21,8-18)14(16,17)12(19)20/h2-3,6,21H,4-5,7-8H2,1H3,(H,19,20). The molecular formula is C14H16ClF2NO3. The molecule has 0 aliphatic carbocycles. The van der Waals surface area contributed by atoms with Gasteiger partial charge in [-0.15, -0.1) is 0 Å². The van der Waals surface area contributed by atoms with Crippen molar-refractivity contribution in [3.8, 4) is 0 Å². The maximum atomic E-state index is 13.6. The average Bonchev–Trinajstić information content (AvgIpc) is 2.77. The van der Waals surface area contributed by atoms with E-state index in [2.05, 4.69) is 0 Å². The minimum Gasteiger partial charge on any atom is -0.477 e. The van der Waals surface area contributed by atoms with Crippen molar-refractivity contribution < 1.29 is 23.8 Å². The lowest BCUT2D eigenvalue weighted by Gasteiger charge is -2.29. The van der Waals surface area contributed by atoms with Crippen molar-refractivity contribution in [2.24, 2.45) is 0 Å². The van der Waals surface area contributed by atoms with Crippen molar-refractivity contribution in [1.82, 2.24) is 4.90 Å². The van der Waals surface area contributed by atoms with E-state index < -0.39 is 24.0 Å². The number of hydrogen-bond acceptors (Lipinski definition) is 3. The van der Waals surface area contributed by atoms with Gasteiger partial charge in [-0.05, 0) is 30.5 Å². The lowest BCUT2D eigenvalue weighted by molar-refractivity contribution is -0.205. The summed E-state index contributed by atoms with van der Waals surface area (Å²) in [5, 5.41) is 19.1. The van der Waals surface area contributed by atoms with E-state index >= 15 is 0 Å². The van der Waals surface area contributed by atoms with E-state index in [9.17, 15) is 18.7 Å². The van der Waals surface area contributed by atoms with Crippen LogP contribution in [-0.2, 0) is 11.3 Å². The van der Waals surface area contributed by atoms with Gasteiger partial charge in [-0.1, -0.05) is 23.7 Å². The molecule has 1 aromatic carbocycles. The molecule has 1 aliphatic heterocycles. The first-order chi connectivity index (χ1) is 9.65. The molecule has 1 aliphatic rings. The van der Waals surface area contributed by atoms with Gasteiger partial charge in [0.2, 0.25) is 0 Å². The lowest BCUT2D eigenvalue weighted by atomic mass is 9.95. The summed E-state index contributed by atoms with van der Waals surface area (Å²) in [6.07, 6.45) is -0.286. The molecule has 116 valence electrons. The van der Waals surface area contributed by atoms with E-state index in [1.165, 1.54) is 0 Å². The first-order valence-electron chi connectivity index (χ1n) is 6.47. The quantitative estimate of drug-likeness (QED) is 0.894. The molecule has 1 saturated heterocycles. The van der Waals surface area contributed by atoms with Crippen molar-refractivity contribution in [3.05, 3.63) is 34.3 Å². The van der Waals surface area contributed by atoms with Crippen molar-refractivity contribution in [2.45, 2.75) is 31.4 Å². The molecule has 21 heavy (non-hydrogen) atoms. The summed E-state index contributed by atoms with van der Waals surface area (Å²) in [6, 6.07) is 5.39. The van der Waals surface area contributed by atoms with Gasteiger partial charge in [-0.3, -0.25) is 4.90 Å². The van der Waals surface area contributed by atoms with Crippen LogP contribution in [0, 0.1) is 6.92 Å². The number of halogens is 3. The van der Waals surface area contributed by atoms with E-state index in [0.717, 1.165) is 11.1 Å². The number of carboxylic acids is 1. The van der Waals surface area contributed by atoms with Crippen molar-refractivity contribution in [1.29, 1.82) is 0 Å². The van der Waals surface area contributed by atoms with Crippen LogP contribution in [0.2, 0.25) is 5.02 Å². The number of alkyl halides is 2. The first kappa shape index (κ1) is 16.1. The van der Waals surface area contributed by atoms with Crippen molar-refractivity contribution in [2.75, 3.05) is 13.1 Å². The van der Waals surface area contributed by atoms with Crippen LogP contribution in [0.1, 0.15) is 17.5 Å². The van der Waals surface area contributed by atoms with Gasteiger partial charge < -0.3 is 10.2 Å². The summed E-state index contributed by atoms with van der Waals surface area (Å²) in [5.41, 5.74) is -0.794. The molecule has 1 unspecified atom stereocenters. The summed E-state index contributed by atoms with van der Waals surface area (Å²) in [5.74, 6) is -6.46.